The number of amides is 1. The highest BCUT2D eigenvalue weighted by Crippen LogP contribution is 2.36. The number of alkyl halides is 3. The molecule has 2 aromatic heterocycles. The van der Waals surface area contributed by atoms with E-state index in [0.717, 1.165) is 39.5 Å². The van der Waals surface area contributed by atoms with Crippen LogP contribution in [0.3, 0.4) is 0 Å². The lowest BCUT2D eigenvalue weighted by Gasteiger charge is -2.19. The molecule has 2 heterocycles. The molecule has 32 heavy (non-hydrogen) atoms. The summed E-state index contributed by atoms with van der Waals surface area (Å²) in [7, 11) is 1.83. The number of halogens is 4. The third kappa shape index (κ3) is 5.41. The maximum Gasteiger partial charge on any atom is 0.416 e. The lowest BCUT2D eigenvalue weighted by atomic mass is 9.99. The van der Waals surface area contributed by atoms with Crippen molar-refractivity contribution >= 4 is 33.2 Å². The van der Waals surface area contributed by atoms with Crippen LogP contribution in [-0.4, -0.2) is 28.3 Å². The van der Waals surface area contributed by atoms with E-state index >= 15 is 0 Å². The number of aryl methyl sites for hydroxylation is 2. The second kappa shape index (κ2) is 10.2. The van der Waals surface area contributed by atoms with Crippen LogP contribution in [0.4, 0.5) is 13.2 Å². The molecule has 0 bridgehead atoms. The zero-order valence-electron chi connectivity index (χ0n) is 17.7. The first-order valence-corrected chi connectivity index (χ1v) is 11.7. The first-order chi connectivity index (χ1) is 15.2. The molecule has 0 aliphatic rings. The van der Waals surface area contributed by atoms with Gasteiger partial charge in [-0.15, -0.1) is 11.3 Å². The zero-order valence-corrected chi connectivity index (χ0v) is 20.1. The van der Waals surface area contributed by atoms with Crippen molar-refractivity contribution in [1.29, 1.82) is 0 Å². The van der Waals surface area contributed by atoms with Gasteiger partial charge < -0.3 is 11.1 Å². The molecule has 0 aliphatic heterocycles. The first kappa shape index (κ1) is 24.5. The van der Waals surface area contributed by atoms with Crippen molar-refractivity contribution in [1.82, 2.24) is 15.1 Å². The fourth-order valence-electron chi connectivity index (χ4n) is 3.56. The summed E-state index contributed by atoms with van der Waals surface area (Å²) in [6.45, 7) is 2.08. The minimum atomic E-state index is -4.46. The van der Waals surface area contributed by atoms with Crippen LogP contribution >= 0.6 is 27.3 Å². The van der Waals surface area contributed by atoms with Crippen LogP contribution in [0.5, 0.6) is 0 Å². The average Bonchev–Trinajstić information content (AvgIpc) is 3.29. The molecule has 3 aromatic rings. The molecule has 5 nitrogen and oxygen atoms in total. The molecule has 3 N–H and O–H groups in total. The van der Waals surface area contributed by atoms with E-state index in [2.05, 4.69) is 33.3 Å². The van der Waals surface area contributed by atoms with Gasteiger partial charge in [0, 0.05) is 30.1 Å². The van der Waals surface area contributed by atoms with E-state index in [-0.39, 0.29) is 24.4 Å². The molecular formula is C22H24BrF3N4OS. The number of thiophene rings is 1. The number of nitrogens with one attached hydrogen (secondary N) is 1. The fourth-order valence-corrected chi connectivity index (χ4v) is 5.29. The summed E-state index contributed by atoms with van der Waals surface area (Å²) in [5.74, 6) is -0.350. The Balaban J connectivity index is 1.84. The molecule has 0 radical (unpaired) electrons. The summed E-state index contributed by atoms with van der Waals surface area (Å²) in [4.78, 5) is 14.5. The fraction of sp³-hybridized carbons (Fsp3) is 0.364. The minimum absolute atomic E-state index is 0.00868. The SMILES string of the molecule is CCCc1sc(C(=O)N[C@H](CN)Cc2ccccc2C(F)(F)F)cc1-c1c(Br)cnn1C. The van der Waals surface area contributed by atoms with Gasteiger partial charge in [-0.3, -0.25) is 9.48 Å². The summed E-state index contributed by atoms with van der Waals surface area (Å²) in [6, 6.07) is 6.54. The Morgan fingerprint density at radius 2 is 2.06 bits per heavy atom. The van der Waals surface area contributed by atoms with Gasteiger partial charge in [-0.2, -0.15) is 18.3 Å². The predicted molar refractivity (Wildman–Crippen MR) is 124 cm³/mol. The van der Waals surface area contributed by atoms with Crippen molar-refractivity contribution in [3.63, 3.8) is 0 Å². The lowest BCUT2D eigenvalue weighted by Crippen LogP contribution is -2.41. The highest BCUT2D eigenvalue weighted by Gasteiger charge is 2.33. The predicted octanol–water partition coefficient (Wildman–Crippen LogP) is 5.18. The molecule has 0 saturated carbocycles. The molecule has 0 saturated heterocycles. The van der Waals surface area contributed by atoms with E-state index in [9.17, 15) is 18.0 Å². The smallest absolute Gasteiger partial charge is 0.347 e. The third-order valence-electron chi connectivity index (χ3n) is 5.07. The molecule has 1 aromatic carbocycles. The molecule has 0 unspecified atom stereocenters. The first-order valence-electron chi connectivity index (χ1n) is 10.1. The minimum Gasteiger partial charge on any atom is -0.347 e. The van der Waals surface area contributed by atoms with Crippen LogP contribution in [0.2, 0.25) is 0 Å². The number of aromatic nitrogens is 2. The standard InChI is InChI=1S/C22H24BrF3N4OS/c1-3-6-18-15(20-17(23)12-28-30(20)2)10-19(32-18)21(31)29-14(11-27)9-13-7-4-5-8-16(13)22(24,25)26/h4-5,7-8,10,12,14H,3,6,9,11,27H2,1-2H3,(H,29,31)/t14-/m0/s1. The Hall–Kier alpha value is -2.17. The summed E-state index contributed by atoms with van der Waals surface area (Å²) < 4.78 is 42.5. The van der Waals surface area contributed by atoms with Gasteiger partial charge in [-0.25, -0.2) is 0 Å². The van der Waals surface area contributed by atoms with Gasteiger partial charge in [0.05, 0.1) is 26.8 Å². The molecule has 10 heteroatoms. The molecule has 3 rings (SSSR count). The van der Waals surface area contributed by atoms with Crippen molar-refractivity contribution in [3.8, 4) is 11.3 Å². The highest BCUT2D eigenvalue weighted by molar-refractivity contribution is 9.10. The molecule has 0 spiro atoms. The number of nitrogens with zero attached hydrogens (tertiary/aromatic N) is 2. The van der Waals surface area contributed by atoms with Crippen LogP contribution in [-0.2, 0) is 26.1 Å². The van der Waals surface area contributed by atoms with Gasteiger partial charge in [0.15, 0.2) is 0 Å². The van der Waals surface area contributed by atoms with Crippen LogP contribution in [0.15, 0.2) is 41.0 Å². The Morgan fingerprint density at radius 3 is 2.66 bits per heavy atom. The second-order valence-electron chi connectivity index (χ2n) is 7.43. The van der Waals surface area contributed by atoms with Gasteiger partial charge >= 0.3 is 6.18 Å². The lowest BCUT2D eigenvalue weighted by molar-refractivity contribution is -0.138. The van der Waals surface area contributed by atoms with Crippen molar-refractivity contribution in [3.05, 3.63) is 61.9 Å². The largest absolute Gasteiger partial charge is 0.416 e. The summed E-state index contributed by atoms with van der Waals surface area (Å²) in [5.41, 5.74) is 6.98. The number of carbonyl (C=O) groups is 1. The molecular weight excluding hydrogens is 505 g/mol. The highest BCUT2D eigenvalue weighted by atomic mass is 79.9. The molecule has 1 atom stereocenters. The maximum absolute atomic E-state index is 13.3. The third-order valence-corrected chi connectivity index (χ3v) is 6.84. The summed E-state index contributed by atoms with van der Waals surface area (Å²) in [5, 5.41) is 7.06. The monoisotopic (exact) mass is 528 g/mol. The topological polar surface area (TPSA) is 72.9 Å². The van der Waals surface area contributed by atoms with Crippen LogP contribution in [0.25, 0.3) is 11.3 Å². The Labute approximate surface area is 196 Å². The van der Waals surface area contributed by atoms with Crippen LogP contribution in [0, 0.1) is 0 Å². The van der Waals surface area contributed by atoms with Gasteiger partial charge in [-0.1, -0.05) is 31.5 Å². The molecule has 0 fully saturated rings. The quantitative estimate of drug-likeness (QED) is 0.423. The molecule has 172 valence electrons. The van der Waals surface area contributed by atoms with E-state index in [4.69, 9.17) is 5.73 Å². The second-order valence-corrected chi connectivity index (χ2v) is 9.42. The normalized spacial score (nSPS) is 12.7. The number of benzene rings is 1. The number of nitrogens with two attached hydrogens (primary N) is 1. The summed E-state index contributed by atoms with van der Waals surface area (Å²) >= 11 is 4.89. The van der Waals surface area contributed by atoms with E-state index in [1.165, 1.54) is 23.5 Å². The van der Waals surface area contributed by atoms with Crippen LogP contribution in [0.1, 0.15) is 39.0 Å². The van der Waals surface area contributed by atoms with Crippen molar-refractivity contribution in [2.75, 3.05) is 6.54 Å². The van der Waals surface area contributed by atoms with Gasteiger partial charge in [0.1, 0.15) is 0 Å². The maximum atomic E-state index is 13.3. The number of rotatable bonds is 8. The van der Waals surface area contributed by atoms with Crippen molar-refractivity contribution in [2.45, 2.75) is 38.4 Å². The number of hydrogen-bond acceptors (Lipinski definition) is 4. The number of carbonyl (C=O) groups excluding carboxylic acids is 1. The van der Waals surface area contributed by atoms with Crippen molar-refractivity contribution < 1.29 is 18.0 Å². The zero-order chi connectivity index (χ0) is 23.5. The van der Waals surface area contributed by atoms with Crippen molar-refractivity contribution in [2.24, 2.45) is 12.8 Å². The Kier molecular flexibility index (Phi) is 7.79. The average molecular weight is 529 g/mol. The van der Waals surface area contributed by atoms with E-state index in [1.807, 2.05) is 13.1 Å². The van der Waals surface area contributed by atoms with E-state index in [1.54, 1.807) is 16.9 Å². The summed E-state index contributed by atoms with van der Waals surface area (Å²) in [6.07, 6.45) is -1.07. The Morgan fingerprint density at radius 1 is 1.34 bits per heavy atom. The number of hydrogen-bond donors (Lipinski definition) is 2. The Bertz CT molecular complexity index is 1070. The van der Waals surface area contributed by atoms with Gasteiger partial charge in [0.2, 0.25) is 0 Å². The van der Waals surface area contributed by atoms with E-state index < -0.39 is 17.8 Å². The van der Waals surface area contributed by atoms with E-state index in [0.29, 0.717) is 4.88 Å². The van der Waals surface area contributed by atoms with Gasteiger partial charge in [0.25, 0.3) is 5.91 Å². The van der Waals surface area contributed by atoms with Gasteiger partial charge in [-0.05, 0) is 46.5 Å². The molecule has 0 aliphatic carbocycles. The molecule has 1 amide bonds. The van der Waals surface area contributed by atoms with Crippen LogP contribution < -0.4 is 11.1 Å².